The van der Waals surface area contributed by atoms with Crippen molar-refractivity contribution in [2.75, 3.05) is 5.32 Å². The van der Waals surface area contributed by atoms with Gasteiger partial charge in [0.1, 0.15) is 16.5 Å². The lowest BCUT2D eigenvalue weighted by Crippen LogP contribution is -2.22. The first-order chi connectivity index (χ1) is 15.3. The number of fused-ring (bicyclic) bond motifs is 1. The Hall–Kier alpha value is -3.78. The molecule has 0 saturated heterocycles. The highest BCUT2D eigenvalue weighted by atomic mass is 35.5. The summed E-state index contributed by atoms with van der Waals surface area (Å²) in [5.74, 6) is -0.691. The lowest BCUT2D eigenvalue weighted by atomic mass is 10.1. The molecule has 0 radical (unpaired) electrons. The number of aromatic nitrogens is 4. The minimum atomic E-state index is -1.21. The largest absolute Gasteiger partial charge is 0.476 e. The number of hydrogen-bond donors (Lipinski definition) is 2. The van der Waals surface area contributed by atoms with Gasteiger partial charge in [0.2, 0.25) is 0 Å². The summed E-state index contributed by atoms with van der Waals surface area (Å²) in [7, 11) is 1.69. The zero-order chi connectivity index (χ0) is 23.0. The third-order valence-corrected chi connectivity index (χ3v) is 5.31. The fraction of sp³-hybridized carbons (Fsp3) is 0.174. The molecule has 0 saturated carbocycles. The van der Waals surface area contributed by atoms with Crippen LogP contribution < -0.4 is 10.9 Å². The highest BCUT2D eigenvalue weighted by Crippen LogP contribution is 2.27. The van der Waals surface area contributed by atoms with Gasteiger partial charge < -0.3 is 10.4 Å². The van der Waals surface area contributed by atoms with E-state index < -0.39 is 12.0 Å². The molecule has 0 unspecified atom stereocenters. The Morgan fingerprint density at radius 2 is 1.84 bits per heavy atom. The first-order valence-electron chi connectivity index (χ1n) is 9.86. The van der Waals surface area contributed by atoms with Gasteiger partial charge in [0.15, 0.2) is 5.69 Å². The highest BCUT2D eigenvalue weighted by molar-refractivity contribution is 6.29. The van der Waals surface area contributed by atoms with E-state index in [0.717, 1.165) is 5.56 Å². The minimum absolute atomic E-state index is 0.0809. The van der Waals surface area contributed by atoms with Gasteiger partial charge in [-0.05, 0) is 32.0 Å². The number of benzene rings is 1. The van der Waals surface area contributed by atoms with Crippen molar-refractivity contribution < 1.29 is 9.90 Å². The second kappa shape index (κ2) is 8.39. The number of carboxylic acids is 1. The van der Waals surface area contributed by atoms with E-state index in [1.165, 1.54) is 10.6 Å². The zero-order valence-electron chi connectivity index (χ0n) is 17.6. The fourth-order valence-electron chi connectivity index (χ4n) is 3.59. The minimum Gasteiger partial charge on any atom is -0.476 e. The van der Waals surface area contributed by atoms with E-state index >= 15 is 0 Å². The van der Waals surface area contributed by atoms with E-state index in [9.17, 15) is 14.7 Å². The monoisotopic (exact) mass is 449 g/mol. The normalized spacial score (nSPS) is 12.0. The number of nitrogens with zero attached hydrogens (tertiary/aromatic N) is 4. The smallest absolute Gasteiger partial charge is 0.356 e. The van der Waals surface area contributed by atoms with Crippen LogP contribution in [0.4, 0.5) is 5.69 Å². The summed E-state index contributed by atoms with van der Waals surface area (Å²) in [6.07, 6.45) is 0. The van der Waals surface area contributed by atoms with Crippen LogP contribution in [-0.2, 0) is 7.05 Å². The van der Waals surface area contributed by atoms with Crippen LogP contribution in [0.25, 0.3) is 22.3 Å². The lowest BCUT2D eigenvalue weighted by molar-refractivity contribution is 0.0691. The quantitative estimate of drug-likeness (QED) is 0.439. The summed E-state index contributed by atoms with van der Waals surface area (Å²) < 4.78 is 1.52. The molecule has 32 heavy (non-hydrogen) atoms. The molecule has 9 heteroatoms. The molecule has 0 aliphatic rings. The fourth-order valence-corrected chi connectivity index (χ4v) is 3.74. The molecule has 0 aliphatic carbocycles. The van der Waals surface area contributed by atoms with Crippen LogP contribution in [0, 0.1) is 6.92 Å². The third kappa shape index (κ3) is 3.92. The average molecular weight is 450 g/mol. The second-order valence-electron chi connectivity index (χ2n) is 7.41. The molecule has 1 aromatic carbocycles. The van der Waals surface area contributed by atoms with E-state index in [1.807, 2.05) is 37.3 Å². The van der Waals surface area contributed by atoms with Crippen molar-refractivity contribution in [2.24, 2.45) is 7.05 Å². The number of aromatic carboxylic acids is 1. The first kappa shape index (κ1) is 21.5. The molecule has 0 bridgehead atoms. The summed E-state index contributed by atoms with van der Waals surface area (Å²) in [5, 5.41) is 13.1. The Kier molecular flexibility index (Phi) is 5.63. The summed E-state index contributed by atoms with van der Waals surface area (Å²) in [4.78, 5) is 38.1. The first-order valence-corrected chi connectivity index (χ1v) is 10.2. The highest BCUT2D eigenvalue weighted by Gasteiger charge is 2.21. The van der Waals surface area contributed by atoms with Crippen LogP contribution in [0.15, 0.2) is 53.3 Å². The van der Waals surface area contributed by atoms with E-state index in [4.69, 9.17) is 16.6 Å². The number of halogens is 1. The molecule has 162 valence electrons. The van der Waals surface area contributed by atoms with Gasteiger partial charge in [0.05, 0.1) is 22.8 Å². The number of nitrogens with one attached hydrogen (secondary N) is 1. The lowest BCUT2D eigenvalue weighted by Gasteiger charge is -2.19. The topological polar surface area (TPSA) is 110 Å². The summed E-state index contributed by atoms with van der Waals surface area (Å²) in [6, 6.07) is 13.7. The molecular weight excluding hydrogens is 430 g/mol. The zero-order valence-corrected chi connectivity index (χ0v) is 18.4. The number of carbonyl (C=O) groups is 1. The molecule has 4 rings (SSSR count). The number of aryl methyl sites for hydroxylation is 1. The summed E-state index contributed by atoms with van der Waals surface area (Å²) >= 11 is 5.86. The van der Waals surface area contributed by atoms with Gasteiger partial charge >= 0.3 is 5.97 Å². The Balaban J connectivity index is 1.88. The van der Waals surface area contributed by atoms with Crippen molar-refractivity contribution in [1.82, 2.24) is 19.5 Å². The number of carboxylic acid groups (broad SMARTS) is 1. The number of anilines is 1. The maximum atomic E-state index is 13.2. The maximum absolute atomic E-state index is 13.2. The second-order valence-corrected chi connectivity index (χ2v) is 7.80. The average Bonchev–Trinajstić information content (AvgIpc) is 2.77. The van der Waals surface area contributed by atoms with Crippen molar-refractivity contribution in [3.8, 4) is 11.4 Å². The number of rotatable bonds is 5. The van der Waals surface area contributed by atoms with E-state index in [1.54, 1.807) is 26.1 Å². The van der Waals surface area contributed by atoms with Crippen LogP contribution >= 0.6 is 11.6 Å². The Labute approximate surface area is 188 Å². The van der Waals surface area contributed by atoms with Crippen molar-refractivity contribution in [2.45, 2.75) is 19.9 Å². The standard InChI is InChI=1S/C23H20ClN5O3/c1-12-11-15-19(28-21(29(3)22(15)30)14-7-5-4-6-8-14)18(25-12)13(2)26-16-9-10-17(24)27-20(16)23(31)32/h4-11,13,26H,1-3H3,(H,31,32)/t13-/m1/s1. The molecule has 0 fully saturated rings. The number of pyridine rings is 2. The van der Waals surface area contributed by atoms with E-state index in [-0.39, 0.29) is 22.1 Å². The van der Waals surface area contributed by atoms with Gasteiger partial charge in [-0.25, -0.2) is 14.8 Å². The maximum Gasteiger partial charge on any atom is 0.356 e. The van der Waals surface area contributed by atoms with Crippen LogP contribution in [-0.4, -0.2) is 30.6 Å². The van der Waals surface area contributed by atoms with E-state index in [2.05, 4.69) is 15.3 Å². The van der Waals surface area contributed by atoms with Crippen LogP contribution in [0.5, 0.6) is 0 Å². The Morgan fingerprint density at radius 3 is 2.53 bits per heavy atom. The number of hydrogen-bond acceptors (Lipinski definition) is 6. The molecule has 2 N–H and O–H groups in total. The van der Waals surface area contributed by atoms with Gasteiger partial charge in [-0.15, -0.1) is 0 Å². The molecule has 0 aliphatic heterocycles. The molecular formula is C23H20ClN5O3. The predicted molar refractivity (Wildman–Crippen MR) is 123 cm³/mol. The van der Waals surface area contributed by atoms with Gasteiger partial charge in [-0.3, -0.25) is 14.3 Å². The molecule has 1 atom stereocenters. The molecule has 8 nitrogen and oxygen atoms in total. The van der Waals surface area contributed by atoms with Crippen LogP contribution in [0.1, 0.15) is 34.8 Å². The molecule has 4 aromatic rings. The van der Waals surface area contributed by atoms with Crippen LogP contribution in [0.2, 0.25) is 5.15 Å². The molecule has 3 aromatic heterocycles. The Morgan fingerprint density at radius 1 is 1.12 bits per heavy atom. The molecule has 0 amide bonds. The van der Waals surface area contributed by atoms with Crippen LogP contribution in [0.3, 0.4) is 0 Å². The third-order valence-electron chi connectivity index (χ3n) is 5.10. The molecule has 0 spiro atoms. The van der Waals surface area contributed by atoms with Gasteiger partial charge in [-0.2, -0.15) is 0 Å². The van der Waals surface area contributed by atoms with Gasteiger partial charge in [0, 0.05) is 18.3 Å². The summed E-state index contributed by atoms with van der Waals surface area (Å²) in [6.45, 7) is 3.62. The molecule has 3 heterocycles. The predicted octanol–water partition coefficient (Wildman–Crippen LogP) is 4.22. The van der Waals surface area contributed by atoms with Crippen molar-refractivity contribution in [3.05, 3.63) is 81.1 Å². The van der Waals surface area contributed by atoms with Gasteiger partial charge in [-0.1, -0.05) is 41.9 Å². The van der Waals surface area contributed by atoms with Gasteiger partial charge in [0.25, 0.3) is 5.56 Å². The van der Waals surface area contributed by atoms with Crippen molar-refractivity contribution >= 4 is 34.2 Å². The SMILES string of the molecule is Cc1cc2c(=O)n(C)c(-c3ccccc3)nc2c([C@@H](C)Nc2ccc(Cl)nc2C(=O)O)n1. The van der Waals surface area contributed by atoms with Crippen molar-refractivity contribution in [3.63, 3.8) is 0 Å². The van der Waals surface area contributed by atoms with E-state index in [0.29, 0.717) is 28.1 Å². The Bertz CT molecular complexity index is 1400. The summed E-state index contributed by atoms with van der Waals surface area (Å²) in [5.41, 5.74) is 2.34. The van der Waals surface area contributed by atoms with Crippen molar-refractivity contribution in [1.29, 1.82) is 0 Å².